The van der Waals surface area contributed by atoms with E-state index in [0.29, 0.717) is 5.15 Å². The molecule has 0 unspecified atom stereocenters. The summed E-state index contributed by atoms with van der Waals surface area (Å²) in [4.78, 5) is 9.12. The topological polar surface area (TPSA) is 25.8 Å². The van der Waals surface area contributed by atoms with E-state index in [-0.39, 0.29) is 5.41 Å². The van der Waals surface area contributed by atoms with Crippen molar-refractivity contribution in [2.75, 3.05) is 0 Å². The number of hydrogen-bond donors (Lipinski definition) is 0. The molecule has 1 aliphatic rings. The Hall–Kier alpha value is -0.930. The smallest absolute Gasteiger partial charge is 0.146 e. The first-order valence-corrected chi connectivity index (χ1v) is 8.13. The second-order valence-corrected chi connectivity index (χ2v) is 6.55. The molecule has 0 saturated heterocycles. The number of benzene rings is 1. The normalized spacial score (nSPS) is 17.9. The fourth-order valence-electron chi connectivity index (χ4n) is 3.13. The summed E-state index contributed by atoms with van der Waals surface area (Å²) in [5.41, 5.74) is 1.22. The van der Waals surface area contributed by atoms with Gasteiger partial charge in [0.1, 0.15) is 11.0 Å². The van der Waals surface area contributed by atoms with Gasteiger partial charge >= 0.3 is 0 Å². The molecular weight excluding hydrogens is 336 g/mol. The molecule has 2 aromatic rings. The van der Waals surface area contributed by atoms with Crippen molar-refractivity contribution < 1.29 is 0 Å². The summed E-state index contributed by atoms with van der Waals surface area (Å²) in [5, 5.41) is 0.496. The van der Waals surface area contributed by atoms with Crippen LogP contribution >= 0.6 is 27.5 Å². The van der Waals surface area contributed by atoms with Gasteiger partial charge in [-0.05, 0) is 34.3 Å². The highest BCUT2D eigenvalue weighted by molar-refractivity contribution is 9.10. The minimum atomic E-state index is -0.0795. The predicted octanol–water partition coefficient (Wildman–Crippen LogP) is 5.14. The first-order valence-electron chi connectivity index (χ1n) is 6.96. The highest BCUT2D eigenvalue weighted by Crippen LogP contribution is 2.43. The maximum Gasteiger partial charge on any atom is 0.146 e. The lowest BCUT2D eigenvalue weighted by Crippen LogP contribution is -2.32. The van der Waals surface area contributed by atoms with Crippen LogP contribution in [-0.2, 0) is 5.41 Å². The molecule has 1 aromatic carbocycles. The summed E-state index contributed by atoms with van der Waals surface area (Å²) in [7, 11) is 0. The molecule has 1 aromatic heterocycles. The van der Waals surface area contributed by atoms with Crippen LogP contribution < -0.4 is 0 Å². The molecule has 1 saturated carbocycles. The van der Waals surface area contributed by atoms with E-state index >= 15 is 0 Å². The predicted molar refractivity (Wildman–Crippen MR) is 85.0 cm³/mol. The molecular formula is C16H16BrClN2. The third-order valence-corrected chi connectivity index (χ3v) is 5.26. The van der Waals surface area contributed by atoms with Gasteiger partial charge in [-0.3, -0.25) is 0 Å². The summed E-state index contributed by atoms with van der Waals surface area (Å²) in [6, 6.07) is 10.6. The van der Waals surface area contributed by atoms with E-state index < -0.39 is 0 Å². The summed E-state index contributed by atoms with van der Waals surface area (Å²) in [6.45, 7) is 0. The fraction of sp³-hybridized carbons (Fsp3) is 0.375. The number of hydrogen-bond acceptors (Lipinski definition) is 2. The van der Waals surface area contributed by atoms with Gasteiger partial charge in [0, 0.05) is 6.20 Å². The van der Waals surface area contributed by atoms with E-state index in [9.17, 15) is 0 Å². The Bertz CT molecular complexity index is 595. The van der Waals surface area contributed by atoms with Crippen molar-refractivity contribution in [2.45, 2.75) is 37.5 Å². The highest BCUT2D eigenvalue weighted by Gasteiger charge is 2.38. The summed E-state index contributed by atoms with van der Waals surface area (Å²) in [5.74, 6) is 0.858. The van der Waals surface area contributed by atoms with Crippen molar-refractivity contribution in [3.05, 3.63) is 57.5 Å². The van der Waals surface area contributed by atoms with E-state index in [2.05, 4.69) is 56.2 Å². The zero-order chi connectivity index (χ0) is 14.0. The third kappa shape index (κ3) is 2.49. The van der Waals surface area contributed by atoms with Crippen molar-refractivity contribution in [1.29, 1.82) is 0 Å². The molecule has 0 N–H and O–H groups in total. The van der Waals surface area contributed by atoms with Gasteiger partial charge in [0.2, 0.25) is 0 Å². The Morgan fingerprint density at radius 1 is 1.05 bits per heavy atom. The van der Waals surface area contributed by atoms with Gasteiger partial charge in [-0.2, -0.15) is 0 Å². The van der Waals surface area contributed by atoms with E-state index in [1.54, 1.807) is 6.20 Å². The molecule has 0 amide bonds. The monoisotopic (exact) mass is 350 g/mol. The molecule has 2 nitrogen and oxygen atoms in total. The lowest BCUT2D eigenvalue weighted by molar-refractivity contribution is 0.330. The van der Waals surface area contributed by atoms with Crippen LogP contribution in [0.4, 0.5) is 0 Å². The Kier molecular flexibility index (Phi) is 4.08. The van der Waals surface area contributed by atoms with Crippen LogP contribution in [0.2, 0.25) is 5.15 Å². The SMILES string of the molecule is Clc1nc(C2(c3ccccc3)CCCCC2)ncc1Br. The lowest BCUT2D eigenvalue weighted by Gasteiger charge is -2.36. The molecule has 1 fully saturated rings. The molecule has 1 heterocycles. The Morgan fingerprint density at radius 3 is 2.40 bits per heavy atom. The van der Waals surface area contributed by atoms with Gasteiger partial charge in [-0.15, -0.1) is 0 Å². The first kappa shape index (κ1) is 14.0. The van der Waals surface area contributed by atoms with Crippen LogP contribution in [-0.4, -0.2) is 9.97 Å². The largest absolute Gasteiger partial charge is 0.239 e. The molecule has 4 heteroatoms. The summed E-state index contributed by atoms with van der Waals surface area (Å²) >= 11 is 9.55. The second-order valence-electron chi connectivity index (χ2n) is 5.34. The Morgan fingerprint density at radius 2 is 1.75 bits per heavy atom. The molecule has 0 spiro atoms. The maximum absolute atomic E-state index is 6.18. The molecule has 0 radical (unpaired) electrons. The number of aromatic nitrogens is 2. The number of rotatable bonds is 2. The number of halogens is 2. The van der Waals surface area contributed by atoms with Crippen LogP contribution in [0.25, 0.3) is 0 Å². The zero-order valence-electron chi connectivity index (χ0n) is 11.1. The lowest BCUT2D eigenvalue weighted by atomic mass is 9.69. The number of nitrogens with zero attached hydrogens (tertiary/aromatic N) is 2. The van der Waals surface area contributed by atoms with Gasteiger partial charge < -0.3 is 0 Å². The van der Waals surface area contributed by atoms with Crippen molar-refractivity contribution >= 4 is 27.5 Å². The Labute approximate surface area is 132 Å². The average molecular weight is 352 g/mol. The average Bonchev–Trinajstić information content (AvgIpc) is 2.51. The van der Waals surface area contributed by atoms with Gasteiger partial charge in [0.15, 0.2) is 0 Å². The quantitative estimate of drug-likeness (QED) is 0.700. The van der Waals surface area contributed by atoms with Crippen LogP contribution in [0.15, 0.2) is 41.0 Å². The van der Waals surface area contributed by atoms with Crippen molar-refractivity contribution in [1.82, 2.24) is 9.97 Å². The van der Waals surface area contributed by atoms with Gasteiger partial charge in [0.05, 0.1) is 9.89 Å². The fourth-order valence-corrected chi connectivity index (χ4v) is 3.45. The van der Waals surface area contributed by atoms with Gasteiger partial charge in [-0.25, -0.2) is 9.97 Å². The van der Waals surface area contributed by atoms with Crippen molar-refractivity contribution in [3.8, 4) is 0 Å². The van der Waals surface area contributed by atoms with Crippen LogP contribution in [0.1, 0.15) is 43.5 Å². The minimum Gasteiger partial charge on any atom is -0.239 e. The van der Waals surface area contributed by atoms with Crippen LogP contribution in [0.3, 0.4) is 0 Å². The minimum absolute atomic E-state index is 0.0795. The summed E-state index contributed by atoms with van der Waals surface area (Å²) < 4.78 is 0.752. The maximum atomic E-state index is 6.18. The van der Waals surface area contributed by atoms with Crippen LogP contribution in [0, 0.1) is 0 Å². The highest BCUT2D eigenvalue weighted by atomic mass is 79.9. The van der Waals surface area contributed by atoms with Crippen molar-refractivity contribution in [3.63, 3.8) is 0 Å². The first-order chi connectivity index (χ1) is 9.72. The van der Waals surface area contributed by atoms with Gasteiger partial charge in [0.25, 0.3) is 0 Å². The zero-order valence-corrected chi connectivity index (χ0v) is 13.5. The summed E-state index contributed by atoms with van der Waals surface area (Å²) in [6.07, 6.45) is 7.67. The molecule has 104 valence electrons. The molecule has 0 bridgehead atoms. The van der Waals surface area contributed by atoms with Gasteiger partial charge in [-0.1, -0.05) is 61.2 Å². The van der Waals surface area contributed by atoms with Crippen molar-refractivity contribution in [2.24, 2.45) is 0 Å². The Balaban J connectivity index is 2.12. The van der Waals surface area contributed by atoms with Crippen LogP contribution in [0.5, 0.6) is 0 Å². The molecule has 0 aliphatic heterocycles. The van der Waals surface area contributed by atoms with E-state index in [4.69, 9.17) is 11.6 Å². The molecule has 20 heavy (non-hydrogen) atoms. The molecule has 3 rings (SSSR count). The second kappa shape index (κ2) is 5.82. The van der Waals surface area contributed by atoms with E-state index in [0.717, 1.165) is 23.1 Å². The third-order valence-electron chi connectivity index (χ3n) is 4.16. The standard InChI is InChI=1S/C16H16BrClN2/c17-13-11-19-15(20-14(13)18)16(9-5-2-6-10-16)12-7-3-1-4-8-12/h1,3-4,7-8,11H,2,5-6,9-10H2. The molecule has 1 aliphatic carbocycles. The van der Waals surface area contributed by atoms with E-state index in [1.165, 1.54) is 24.8 Å². The van der Waals surface area contributed by atoms with E-state index in [1.807, 2.05) is 0 Å². The molecule has 0 atom stereocenters.